The van der Waals surface area contributed by atoms with Gasteiger partial charge in [-0.1, -0.05) is 121 Å². The van der Waals surface area contributed by atoms with Gasteiger partial charge in [-0.2, -0.15) is 0 Å². The van der Waals surface area contributed by atoms with E-state index in [1.54, 1.807) is 234 Å². The van der Waals surface area contributed by atoms with Crippen molar-refractivity contribution in [2.45, 2.75) is 23.7 Å². The monoisotopic (exact) mass is 1440 g/mol. The molecule has 12 N–H and O–H groups in total. The molecular formula is C76H96N8O20. The highest BCUT2D eigenvalue weighted by Gasteiger charge is 2.39. The van der Waals surface area contributed by atoms with Crippen LogP contribution in [0.3, 0.4) is 0 Å². The molecule has 0 fully saturated rings. The first kappa shape index (κ1) is 89.1. The maximum Gasteiger partial charge on any atom is 0.209 e. The molecule has 0 atom stereocenters. The molecule has 0 saturated heterocycles. The first-order valence-electron chi connectivity index (χ1n) is 31.2. The minimum atomic E-state index is -1.32. The zero-order valence-corrected chi connectivity index (χ0v) is 61.0. The second-order valence-corrected chi connectivity index (χ2v) is 24.3. The molecular weight excluding hydrogens is 1340 g/mol. The molecule has 1 aliphatic carbocycles. The van der Waals surface area contributed by atoms with Gasteiger partial charge < -0.3 is 100 Å². The minimum absolute atomic E-state index is 0.135. The third-order valence-corrected chi connectivity index (χ3v) is 13.9. The summed E-state index contributed by atoms with van der Waals surface area (Å²) in [6, 6.07) is 38.8. The van der Waals surface area contributed by atoms with Gasteiger partial charge >= 0.3 is 0 Å². The number of amides is 8. The molecule has 0 aromatic heterocycles. The van der Waals surface area contributed by atoms with E-state index in [4.69, 9.17) is 0 Å². The lowest BCUT2D eigenvalue weighted by atomic mass is 9.74. The van der Waals surface area contributed by atoms with Gasteiger partial charge in [-0.05, 0) is 46.5 Å². The van der Waals surface area contributed by atoms with Gasteiger partial charge in [0.25, 0.3) is 0 Å². The quantitative estimate of drug-likeness (QED) is 0.0440. The van der Waals surface area contributed by atoms with Crippen LogP contribution in [0.15, 0.2) is 146 Å². The van der Waals surface area contributed by atoms with Crippen LogP contribution in [0.2, 0.25) is 0 Å². The standard InChI is InChI=1S/C52H40O12.8C3H7NO/c53-41-29-21-31(43(55)49(41)61)38(26-15-7-2-8-16-26)33-23-35(47(59)51(63)45(33)57)40(28-19-11-4-12-20-28)36-24-34(46(58)52(64)48(36)60)39(27-17-9-3-10-18-27)32-22-30(42(54)50(62)44(32)56)37(29)25-13-5-1-6-14-25;8*1-4(2)3-5/h1-24,37-40,53-64H;8*3H,1-2H3. The lowest BCUT2D eigenvalue weighted by Gasteiger charge is -2.30. The molecule has 8 aromatic carbocycles. The number of benzene rings is 8. The summed E-state index contributed by atoms with van der Waals surface area (Å²) < 4.78 is 0. The Hall–Kier alpha value is -12.9. The van der Waals surface area contributed by atoms with Crippen LogP contribution >= 0.6 is 0 Å². The third-order valence-electron chi connectivity index (χ3n) is 13.9. The number of hydrogen-bond donors (Lipinski definition) is 12. The zero-order chi connectivity index (χ0) is 79.4. The molecule has 8 bridgehead atoms. The van der Waals surface area contributed by atoms with E-state index in [1.807, 2.05) is 0 Å². The Morgan fingerprint density at radius 1 is 0.192 bits per heavy atom. The van der Waals surface area contributed by atoms with Crippen LogP contribution in [-0.4, -0.2) is 265 Å². The lowest BCUT2D eigenvalue weighted by Crippen LogP contribution is -2.13. The van der Waals surface area contributed by atoms with Gasteiger partial charge in [0.05, 0.1) is 0 Å². The van der Waals surface area contributed by atoms with Gasteiger partial charge in [-0.15, -0.1) is 0 Å². The van der Waals surface area contributed by atoms with Crippen molar-refractivity contribution in [3.8, 4) is 69.0 Å². The summed E-state index contributed by atoms with van der Waals surface area (Å²) in [6.45, 7) is 0. The van der Waals surface area contributed by atoms with Crippen LogP contribution in [0, 0.1) is 0 Å². The topological polar surface area (TPSA) is 405 Å². The largest absolute Gasteiger partial charge is 0.504 e. The van der Waals surface area contributed by atoms with Gasteiger partial charge in [0.15, 0.2) is 46.0 Å². The van der Waals surface area contributed by atoms with Gasteiger partial charge in [-0.3, -0.25) is 38.4 Å². The Morgan fingerprint density at radius 3 is 0.375 bits per heavy atom. The van der Waals surface area contributed by atoms with E-state index in [0.717, 1.165) is 51.3 Å². The van der Waals surface area contributed by atoms with E-state index in [9.17, 15) is 99.6 Å². The number of nitrogens with zero attached hydrogens (tertiary/aromatic N) is 8. The fourth-order valence-electron chi connectivity index (χ4n) is 9.21. The number of aromatic hydroxyl groups is 12. The molecule has 9 rings (SSSR count). The molecule has 0 heterocycles. The van der Waals surface area contributed by atoms with Crippen molar-refractivity contribution in [3.63, 3.8) is 0 Å². The number of fused-ring (bicyclic) bond motifs is 8. The maximum absolute atomic E-state index is 11.9. The van der Waals surface area contributed by atoms with Gasteiger partial charge in [0, 0.05) is 181 Å². The highest BCUT2D eigenvalue weighted by Crippen LogP contribution is 2.60. The number of rotatable bonds is 12. The number of carbonyl (C=O) groups excluding carboxylic acids is 8. The van der Waals surface area contributed by atoms with E-state index in [-0.39, 0.29) is 44.5 Å². The Bertz CT molecular complexity index is 3340. The van der Waals surface area contributed by atoms with Crippen LogP contribution in [0.4, 0.5) is 0 Å². The van der Waals surface area contributed by atoms with Crippen molar-refractivity contribution in [2.75, 3.05) is 113 Å². The molecule has 0 aliphatic heterocycles. The van der Waals surface area contributed by atoms with E-state index >= 15 is 0 Å². The molecule has 0 spiro atoms. The summed E-state index contributed by atoms with van der Waals surface area (Å²) in [5.41, 5.74) is 0.419. The molecule has 8 aromatic rings. The first-order chi connectivity index (χ1) is 49.0. The highest BCUT2D eigenvalue weighted by molar-refractivity contribution is 5.74. The summed E-state index contributed by atoms with van der Waals surface area (Å²) in [6.07, 6.45) is 6.00. The fraction of sp³-hybridized carbons (Fsp3) is 0.263. The highest BCUT2D eigenvalue weighted by atomic mass is 16.3. The van der Waals surface area contributed by atoms with Crippen molar-refractivity contribution < 1.29 is 99.6 Å². The molecule has 28 heteroatoms. The van der Waals surface area contributed by atoms with Crippen LogP contribution in [-0.2, 0) is 38.4 Å². The molecule has 8 amide bonds. The Labute approximate surface area is 605 Å². The summed E-state index contributed by atoms with van der Waals surface area (Å²) in [4.78, 5) is 87.0. The number of phenols is 12. The van der Waals surface area contributed by atoms with Crippen LogP contribution < -0.4 is 0 Å². The Morgan fingerprint density at radius 2 is 0.288 bits per heavy atom. The molecule has 560 valence electrons. The van der Waals surface area contributed by atoms with E-state index in [0.29, 0.717) is 22.3 Å². The summed E-state index contributed by atoms with van der Waals surface area (Å²) >= 11 is 0. The van der Waals surface area contributed by atoms with Crippen LogP contribution in [0.1, 0.15) is 90.4 Å². The number of carbonyl (C=O) groups is 8. The Kier molecular flexibility index (Phi) is 38.0. The van der Waals surface area contributed by atoms with Gasteiger partial charge in [0.2, 0.25) is 74.3 Å². The van der Waals surface area contributed by atoms with Gasteiger partial charge in [-0.25, -0.2) is 0 Å². The predicted molar refractivity (Wildman–Crippen MR) is 393 cm³/mol. The average Bonchev–Trinajstić information content (AvgIpc) is 0.734. The second kappa shape index (κ2) is 44.3. The predicted octanol–water partition coefficient (Wildman–Crippen LogP) is 6.82. The lowest BCUT2D eigenvalue weighted by molar-refractivity contribution is -0.116. The van der Waals surface area contributed by atoms with Crippen molar-refractivity contribution in [3.05, 3.63) is 212 Å². The fourth-order valence-corrected chi connectivity index (χ4v) is 9.21. The molecule has 28 nitrogen and oxygen atoms in total. The Balaban J connectivity index is 0.00000110. The van der Waals surface area contributed by atoms with E-state index in [2.05, 4.69) is 0 Å². The molecule has 0 radical (unpaired) electrons. The second-order valence-electron chi connectivity index (χ2n) is 24.3. The third kappa shape index (κ3) is 26.0. The summed E-state index contributed by atoms with van der Waals surface area (Å²) in [5.74, 6) is -15.9. The van der Waals surface area contributed by atoms with Crippen LogP contribution in [0.25, 0.3) is 0 Å². The minimum Gasteiger partial charge on any atom is -0.504 e. The number of hydrogen-bond acceptors (Lipinski definition) is 20. The molecule has 0 saturated carbocycles. The van der Waals surface area contributed by atoms with Crippen molar-refractivity contribution in [1.29, 1.82) is 0 Å². The average molecular weight is 1440 g/mol. The summed E-state index contributed by atoms with van der Waals surface area (Å²) in [5, 5.41) is 142. The van der Waals surface area contributed by atoms with Crippen molar-refractivity contribution >= 4 is 51.3 Å². The SMILES string of the molecule is CN(C)C=O.CN(C)C=O.CN(C)C=O.CN(C)C=O.CN(C)C=O.CN(C)C=O.CN(C)C=O.CN(C)C=O.Oc1c2cc(c(O)c1O)C(c1ccccc1)c1cc(c(O)c(O)c1O)C(c1ccccc1)c1cc(c(O)c(O)c1O)C(c1ccccc1)c1cc(c(O)c(O)c1O)C2c1ccccc1. The maximum atomic E-state index is 11.9. The summed E-state index contributed by atoms with van der Waals surface area (Å²) in [7, 11) is 27.0. The zero-order valence-electron chi connectivity index (χ0n) is 61.0. The van der Waals surface area contributed by atoms with Crippen molar-refractivity contribution in [2.24, 2.45) is 0 Å². The van der Waals surface area contributed by atoms with Gasteiger partial charge in [0.1, 0.15) is 0 Å². The normalized spacial score (nSPS) is 13.0. The molecule has 104 heavy (non-hydrogen) atoms. The van der Waals surface area contributed by atoms with Crippen molar-refractivity contribution in [1.82, 2.24) is 39.2 Å². The first-order valence-corrected chi connectivity index (χ1v) is 31.2. The number of phenolic OH excluding ortho intramolecular Hbond substituents is 12. The molecule has 0 unspecified atom stereocenters. The molecule has 1 aliphatic rings. The van der Waals surface area contributed by atoms with E-state index in [1.165, 1.54) is 63.5 Å². The van der Waals surface area contributed by atoms with E-state index < -0.39 is 92.7 Å². The smallest absolute Gasteiger partial charge is 0.209 e. The van der Waals surface area contributed by atoms with Crippen LogP contribution in [0.5, 0.6) is 69.0 Å².